The highest BCUT2D eigenvalue weighted by Crippen LogP contribution is 2.39. The second kappa shape index (κ2) is 2.03. The first kappa shape index (κ1) is 6.11. The summed E-state index contributed by atoms with van der Waals surface area (Å²) < 4.78 is 1.97. The maximum atomic E-state index is 4.10. The van der Waals surface area contributed by atoms with Gasteiger partial charge in [0, 0.05) is 11.9 Å². The standard InChI is InChI=1S/C8H8N4/c1-2-6(1)7-3-4-9-8-11-10-5-12(7)8/h3-6H,1-2H2. The summed E-state index contributed by atoms with van der Waals surface area (Å²) in [5.74, 6) is 1.42. The molecule has 1 fully saturated rings. The average molecular weight is 160 g/mol. The number of nitrogens with zero attached hydrogens (tertiary/aromatic N) is 4. The fourth-order valence-electron chi connectivity index (χ4n) is 1.47. The molecule has 1 aliphatic rings. The number of hydrogen-bond donors (Lipinski definition) is 0. The van der Waals surface area contributed by atoms with E-state index in [9.17, 15) is 0 Å². The molecule has 0 aliphatic heterocycles. The molecule has 2 aromatic heterocycles. The van der Waals surface area contributed by atoms with Crippen molar-refractivity contribution in [2.24, 2.45) is 0 Å². The van der Waals surface area contributed by atoms with E-state index in [1.54, 1.807) is 12.5 Å². The van der Waals surface area contributed by atoms with Crippen molar-refractivity contribution in [1.82, 2.24) is 19.6 Å². The molecule has 0 bridgehead atoms. The minimum atomic E-state index is 0.708. The van der Waals surface area contributed by atoms with Crippen molar-refractivity contribution in [2.45, 2.75) is 18.8 Å². The summed E-state index contributed by atoms with van der Waals surface area (Å²) in [6.45, 7) is 0. The van der Waals surface area contributed by atoms with Gasteiger partial charge >= 0.3 is 0 Å². The zero-order chi connectivity index (χ0) is 7.97. The van der Waals surface area contributed by atoms with Gasteiger partial charge in [0.25, 0.3) is 5.78 Å². The van der Waals surface area contributed by atoms with E-state index >= 15 is 0 Å². The zero-order valence-corrected chi connectivity index (χ0v) is 6.51. The van der Waals surface area contributed by atoms with Gasteiger partial charge in [0.1, 0.15) is 6.33 Å². The van der Waals surface area contributed by atoms with Crippen LogP contribution in [0.25, 0.3) is 5.78 Å². The Morgan fingerprint density at radius 1 is 1.42 bits per heavy atom. The van der Waals surface area contributed by atoms with Crippen molar-refractivity contribution in [2.75, 3.05) is 0 Å². The summed E-state index contributed by atoms with van der Waals surface area (Å²) in [6, 6.07) is 2.05. The molecule has 12 heavy (non-hydrogen) atoms. The van der Waals surface area contributed by atoms with Gasteiger partial charge < -0.3 is 0 Å². The minimum Gasteiger partial charge on any atom is -0.270 e. The van der Waals surface area contributed by atoms with Crippen LogP contribution in [-0.2, 0) is 0 Å². The first-order chi connectivity index (χ1) is 5.95. The Bertz CT molecular complexity index is 416. The molecule has 0 N–H and O–H groups in total. The predicted molar refractivity (Wildman–Crippen MR) is 42.8 cm³/mol. The third-order valence-electron chi connectivity index (χ3n) is 2.24. The molecule has 0 saturated heterocycles. The van der Waals surface area contributed by atoms with Crippen molar-refractivity contribution in [3.8, 4) is 0 Å². The van der Waals surface area contributed by atoms with Crippen LogP contribution in [0.2, 0.25) is 0 Å². The van der Waals surface area contributed by atoms with Crippen LogP contribution in [0.3, 0.4) is 0 Å². The van der Waals surface area contributed by atoms with Crippen LogP contribution >= 0.6 is 0 Å². The van der Waals surface area contributed by atoms with Gasteiger partial charge in [-0.15, -0.1) is 10.2 Å². The summed E-state index contributed by atoms with van der Waals surface area (Å²) in [7, 11) is 0. The minimum absolute atomic E-state index is 0.708. The summed E-state index contributed by atoms with van der Waals surface area (Å²) in [6.07, 6.45) is 6.11. The van der Waals surface area contributed by atoms with E-state index in [1.807, 2.05) is 10.5 Å². The van der Waals surface area contributed by atoms with E-state index < -0.39 is 0 Å². The van der Waals surface area contributed by atoms with Crippen LogP contribution in [-0.4, -0.2) is 19.6 Å². The van der Waals surface area contributed by atoms with E-state index in [-0.39, 0.29) is 0 Å². The van der Waals surface area contributed by atoms with Crippen LogP contribution in [0.4, 0.5) is 0 Å². The SMILES string of the molecule is c1cc(C2CC2)n2cnnc2n1. The topological polar surface area (TPSA) is 43.1 Å². The average Bonchev–Trinajstić information content (AvgIpc) is 2.82. The molecule has 0 spiro atoms. The van der Waals surface area contributed by atoms with Crippen LogP contribution in [0.15, 0.2) is 18.6 Å². The molecular weight excluding hydrogens is 152 g/mol. The highest BCUT2D eigenvalue weighted by Gasteiger charge is 2.25. The Morgan fingerprint density at radius 2 is 2.33 bits per heavy atom. The van der Waals surface area contributed by atoms with Crippen molar-refractivity contribution < 1.29 is 0 Å². The molecule has 0 radical (unpaired) electrons. The molecule has 3 rings (SSSR count). The number of rotatable bonds is 1. The molecule has 0 aromatic carbocycles. The van der Waals surface area contributed by atoms with Crippen LogP contribution < -0.4 is 0 Å². The second-order valence-corrected chi connectivity index (χ2v) is 3.14. The van der Waals surface area contributed by atoms with E-state index in [1.165, 1.54) is 18.5 Å². The Balaban J connectivity index is 2.32. The fraction of sp³-hybridized carbons (Fsp3) is 0.375. The highest BCUT2D eigenvalue weighted by molar-refractivity contribution is 5.30. The Labute approximate surface area is 69.3 Å². The highest BCUT2D eigenvalue weighted by atomic mass is 15.3. The van der Waals surface area contributed by atoms with Gasteiger partial charge in [-0.2, -0.15) is 0 Å². The van der Waals surface area contributed by atoms with E-state index in [2.05, 4.69) is 15.2 Å². The lowest BCUT2D eigenvalue weighted by Gasteiger charge is -1.99. The first-order valence-electron chi connectivity index (χ1n) is 4.10. The molecule has 0 unspecified atom stereocenters. The van der Waals surface area contributed by atoms with Gasteiger partial charge in [-0.1, -0.05) is 0 Å². The number of aromatic nitrogens is 4. The quantitative estimate of drug-likeness (QED) is 0.625. The monoisotopic (exact) mass is 160 g/mol. The molecule has 1 aliphatic carbocycles. The van der Waals surface area contributed by atoms with Crippen molar-refractivity contribution in [3.63, 3.8) is 0 Å². The van der Waals surface area contributed by atoms with E-state index in [4.69, 9.17) is 0 Å². The molecule has 2 heterocycles. The predicted octanol–water partition coefficient (Wildman–Crippen LogP) is 1.00. The lowest BCUT2D eigenvalue weighted by Crippen LogP contribution is -1.94. The van der Waals surface area contributed by atoms with Gasteiger partial charge in [0.15, 0.2) is 0 Å². The van der Waals surface area contributed by atoms with Crippen molar-refractivity contribution >= 4 is 5.78 Å². The van der Waals surface area contributed by atoms with Gasteiger partial charge in [-0.25, -0.2) is 4.98 Å². The molecular formula is C8H8N4. The van der Waals surface area contributed by atoms with Gasteiger partial charge in [0.2, 0.25) is 0 Å². The Hall–Kier alpha value is -1.45. The molecule has 1 saturated carbocycles. The smallest absolute Gasteiger partial charge is 0.254 e. The lowest BCUT2D eigenvalue weighted by molar-refractivity contribution is 0.940. The van der Waals surface area contributed by atoms with Gasteiger partial charge in [0.05, 0.1) is 0 Å². The molecule has 2 aromatic rings. The number of hydrogen-bond acceptors (Lipinski definition) is 3. The maximum Gasteiger partial charge on any atom is 0.254 e. The first-order valence-corrected chi connectivity index (χ1v) is 4.10. The normalized spacial score (nSPS) is 17.0. The third-order valence-corrected chi connectivity index (χ3v) is 2.24. The zero-order valence-electron chi connectivity index (χ0n) is 6.51. The third kappa shape index (κ3) is 0.747. The summed E-state index contributed by atoms with van der Waals surface area (Å²) in [5, 5.41) is 7.71. The fourth-order valence-corrected chi connectivity index (χ4v) is 1.47. The molecule has 0 atom stereocenters. The Morgan fingerprint density at radius 3 is 3.17 bits per heavy atom. The molecule has 60 valence electrons. The van der Waals surface area contributed by atoms with E-state index in [0.717, 1.165) is 0 Å². The Kier molecular flexibility index (Phi) is 1.03. The van der Waals surface area contributed by atoms with Crippen LogP contribution in [0.1, 0.15) is 24.5 Å². The lowest BCUT2D eigenvalue weighted by atomic mass is 10.3. The number of fused-ring (bicyclic) bond motifs is 1. The summed E-state index contributed by atoms with van der Waals surface area (Å²) >= 11 is 0. The van der Waals surface area contributed by atoms with Crippen molar-refractivity contribution in [3.05, 3.63) is 24.3 Å². The van der Waals surface area contributed by atoms with Gasteiger partial charge in [-0.05, 0) is 24.8 Å². The summed E-state index contributed by atoms with van der Waals surface area (Å²) in [4.78, 5) is 4.10. The van der Waals surface area contributed by atoms with Crippen LogP contribution in [0, 0.1) is 0 Å². The van der Waals surface area contributed by atoms with Crippen LogP contribution in [0.5, 0.6) is 0 Å². The van der Waals surface area contributed by atoms with Crippen molar-refractivity contribution in [1.29, 1.82) is 0 Å². The molecule has 0 amide bonds. The maximum absolute atomic E-state index is 4.10. The van der Waals surface area contributed by atoms with Gasteiger partial charge in [-0.3, -0.25) is 4.40 Å². The largest absolute Gasteiger partial charge is 0.270 e. The molecule has 4 heteroatoms. The molecule has 4 nitrogen and oxygen atoms in total. The second-order valence-electron chi connectivity index (χ2n) is 3.14. The summed E-state index contributed by atoms with van der Waals surface area (Å²) in [5.41, 5.74) is 1.30. The van der Waals surface area contributed by atoms with E-state index in [0.29, 0.717) is 11.7 Å².